The van der Waals surface area contributed by atoms with Gasteiger partial charge >= 0.3 is 11.9 Å². The van der Waals surface area contributed by atoms with Gasteiger partial charge in [0.15, 0.2) is 34.5 Å². The molecule has 0 aliphatic heterocycles. The molecule has 1 atom stereocenters. The summed E-state index contributed by atoms with van der Waals surface area (Å²) in [6.45, 7) is 0. The Morgan fingerprint density at radius 2 is 1.39 bits per heavy atom. The van der Waals surface area contributed by atoms with Crippen LogP contribution in [0.3, 0.4) is 0 Å². The molecule has 0 saturated heterocycles. The van der Waals surface area contributed by atoms with Gasteiger partial charge in [0.25, 0.3) is 0 Å². The molecule has 10 nitrogen and oxygen atoms in total. The van der Waals surface area contributed by atoms with Gasteiger partial charge in [-0.15, -0.1) is 0 Å². The molecule has 0 aliphatic rings. The predicted octanol–water partition coefficient (Wildman–Crippen LogP) is 3.34. The Morgan fingerprint density at radius 3 is 2.03 bits per heavy atom. The van der Waals surface area contributed by atoms with Crippen molar-refractivity contribution in [1.82, 2.24) is 0 Å². The summed E-state index contributed by atoms with van der Waals surface area (Å²) in [5.41, 5.74) is 1.16. The van der Waals surface area contributed by atoms with Gasteiger partial charge in [-0.05, 0) is 59.2 Å². The van der Waals surface area contributed by atoms with Crippen LogP contribution in [0.5, 0.6) is 34.5 Å². The molecular weight excluding hydrogens is 472 g/mol. The van der Waals surface area contributed by atoms with Crippen LogP contribution in [0.15, 0.2) is 54.6 Å². The van der Waals surface area contributed by atoms with Crippen molar-refractivity contribution in [2.75, 3.05) is 0 Å². The summed E-state index contributed by atoms with van der Waals surface area (Å²) in [5.74, 6) is -4.82. The Balaban J connectivity index is 1.79. The summed E-state index contributed by atoms with van der Waals surface area (Å²) < 4.78 is 5.00. The highest BCUT2D eigenvalue weighted by Gasteiger charge is 2.22. The zero-order valence-corrected chi connectivity index (χ0v) is 18.6. The number of carbonyl (C=O) groups is 2. The molecule has 0 saturated carbocycles. The number of phenolic OH excluding ortho intramolecular Hbond substituents is 6. The standard InChI is InChI=1S/C26H22O10/c27-18-7-2-14(11-21(18)30)1-6-17-16(4-9-20(29)25(17)33)5-10-24(32)36-23(26(34)35)13-15-3-8-19(28)22(31)12-15/h1-12,23,27-31,33H,13H2,(H,34,35)/t23-/m0/s1. The van der Waals surface area contributed by atoms with Crippen LogP contribution in [0, 0.1) is 0 Å². The number of benzene rings is 3. The molecular formula is C26H22O10. The van der Waals surface area contributed by atoms with Crippen molar-refractivity contribution in [3.8, 4) is 34.5 Å². The fourth-order valence-electron chi connectivity index (χ4n) is 3.18. The molecule has 0 radical (unpaired) electrons. The van der Waals surface area contributed by atoms with Crippen molar-refractivity contribution in [2.24, 2.45) is 0 Å². The van der Waals surface area contributed by atoms with E-state index >= 15 is 0 Å². The van der Waals surface area contributed by atoms with Crippen molar-refractivity contribution < 1.29 is 50.1 Å². The second-order valence-corrected chi connectivity index (χ2v) is 7.64. The molecule has 186 valence electrons. The Bertz CT molecular complexity index is 1360. The van der Waals surface area contributed by atoms with Crippen molar-refractivity contribution in [3.05, 3.63) is 76.9 Å². The maximum absolute atomic E-state index is 12.3. The summed E-state index contributed by atoms with van der Waals surface area (Å²) in [4.78, 5) is 23.9. The lowest BCUT2D eigenvalue weighted by atomic mass is 10.0. The first-order chi connectivity index (χ1) is 17.0. The second-order valence-electron chi connectivity index (χ2n) is 7.64. The Morgan fingerprint density at radius 1 is 0.750 bits per heavy atom. The molecule has 10 heteroatoms. The zero-order chi connectivity index (χ0) is 26.4. The number of aromatic hydroxyl groups is 6. The van der Waals surface area contributed by atoms with Crippen LogP contribution in [-0.4, -0.2) is 53.8 Å². The minimum absolute atomic E-state index is 0.112. The smallest absolute Gasteiger partial charge is 0.345 e. The number of hydrogen-bond donors (Lipinski definition) is 7. The molecule has 0 bridgehead atoms. The third-order valence-corrected chi connectivity index (χ3v) is 5.07. The van der Waals surface area contributed by atoms with E-state index in [0.29, 0.717) is 11.1 Å². The van der Waals surface area contributed by atoms with Gasteiger partial charge in [-0.1, -0.05) is 24.3 Å². The average molecular weight is 494 g/mol. The summed E-state index contributed by atoms with van der Waals surface area (Å²) in [6, 6.07) is 10.4. The van der Waals surface area contributed by atoms with Crippen LogP contribution in [0.4, 0.5) is 0 Å². The lowest BCUT2D eigenvalue weighted by Crippen LogP contribution is -2.28. The summed E-state index contributed by atoms with van der Waals surface area (Å²) in [7, 11) is 0. The third-order valence-electron chi connectivity index (χ3n) is 5.07. The van der Waals surface area contributed by atoms with Crippen LogP contribution < -0.4 is 0 Å². The summed E-state index contributed by atoms with van der Waals surface area (Å²) in [6.07, 6.45) is 3.23. The number of rotatable bonds is 8. The Labute approximate surface area is 204 Å². The number of carbonyl (C=O) groups excluding carboxylic acids is 1. The highest BCUT2D eigenvalue weighted by Crippen LogP contribution is 2.34. The molecule has 0 aliphatic carbocycles. The molecule has 36 heavy (non-hydrogen) atoms. The lowest BCUT2D eigenvalue weighted by molar-refractivity contribution is -0.160. The quantitative estimate of drug-likeness (QED) is 0.106. The van der Waals surface area contributed by atoms with Crippen molar-refractivity contribution in [1.29, 1.82) is 0 Å². The number of hydrogen-bond acceptors (Lipinski definition) is 9. The normalized spacial score (nSPS) is 12.1. The van der Waals surface area contributed by atoms with E-state index in [1.807, 2.05) is 0 Å². The highest BCUT2D eigenvalue weighted by molar-refractivity contribution is 5.91. The van der Waals surface area contributed by atoms with Gasteiger partial charge in [-0.3, -0.25) is 0 Å². The van der Waals surface area contributed by atoms with Gasteiger partial charge in [0.1, 0.15) is 0 Å². The van der Waals surface area contributed by atoms with E-state index in [1.165, 1.54) is 60.7 Å². The van der Waals surface area contributed by atoms with E-state index in [9.17, 15) is 45.3 Å². The average Bonchev–Trinajstić information content (AvgIpc) is 2.83. The molecule has 3 aromatic carbocycles. The van der Waals surface area contributed by atoms with Crippen LogP contribution in [-0.2, 0) is 20.7 Å². The highest BCUT2D eigenvalue weighted by atomic mass is 16.6. The third kappa shape index (κ3) is 6.26. The molecule has 0 amide bonds. The molecule has 3 rings (SSSR count). The maximum Gasteiger partial charge on any atom is 0.345 e. The van der Waals surface area contributed by atoms with Crippen LogP contribution in [0.1, 0.15) is 22.3 Å². The minimum Gasteiger partial charge on any atom is -0.504 e. The lowest BCUT2D eigenvalue weighted by Gasteiger charge is -2.13. The van der Waals surface area contributed by atoms with E-state index in [2.05, 4.69) is 0 Å². The fraction of sp³-hybridized carbons (Fsp3) is 0.0769. The van der Waals surface area contributed by atoms with E-state index in [0.717, 1.165) is 12.1 Å². The van der Waals surface area contributed by atoms with Gasteiger partial charge in [-0.2, -0.15) is 0 Å². The molecule has 3 aromatic rings. The molecule has 0 heterocycles. The number of ether oxygens (including phenoxy) is 1. The van der Waals surface area contributed by atoms with Crippen molar-refractivity contribution >= 4 is 30.2 Å². The first kappa shape index (κ1) is 25.5. The van der Waals surface area contributed by atoms with Gasteiger partial charge in [0.05, 0.1) is 0 Å². The molecule has 0 spiro atoms. The first-order valence-corrected chi connectivity index (χ1v) is 10.4. The first-order valence-electron chi connectivity index (χ1n) is 10.4. The molecule has 0 fully saturated rings. The summed E-state index contributed by atoms with van der Waals surface area (Å²) in [5, 5.41) is 67.5. The fourth-order valence-corrected chi connectivity index (χ4v) is 3.18. The number of carboxylic acids is 1. The zero-order valence-electron chi connectivity index (χ0n) is 18.6. The van der Waals surface area contributed by atoms with E-state index in [-0.39, 0.29) is 34.8 Å². The van der Waals surface area contributed by atoms with Gasteiger partial charge in [0, 0.05) is 18.1 Å². The maximum atomic E-state index is 12.3. The second kappa shape index (κ2) is 10.9. The number of phenols is 6. The largest absolute Gasteiger partial charge is 0.504 e. The molecule has 0 unspecified atom stereocenters. The molecule has 0 aromatic heterocycles. The van der Waals surface area contributed by atoms with E-state index in [4.69, 9.17) is 4.74 Å². The monoisotopic (exact) mass is 494 g/mol. The van der Waals surface area contributed by atoms with Gasteiger partial charge in [0.2, 0.25) is 6.10 Å². The van der Waals surface area contributed by atoms with Crippen LogP contribution >= 0.6 is 0 Å². The Kier molecular flexibility index (Phi) is 7.70. The number of aliphatic carboxylic acids is 1. The van der Waals surface area contributed by atoms with Crippen LogP contribution in [0.2, 0.25) is 0 Å². The SMILES string of the molecule is O=C(C=Cc1ccc(O)c(O)c1C=Cc1ccc(O)c(O)c1)O[C@@H](Cc1ccc(O)c(O)c1)C(=O)O. The number of esters is 1. The predicted molar refractivity (Wildman–Crippen MR) is 128 cm³/mol. The minimum atomic E-state index is -1.58. The van der Waals surface area contributed by atoms with Crippen molar-refractivity contribution in [2.45, 2.75) is 12.5 Å². The van der Waals surface area contributed by atoms with E-state index in [1.54, 1.807) is 0 Å². The molecule has 7 N–H and O–H groups in total. The van der Waals surface area contributed by atoms with Crippen molar-refractivity contribution in [3.63, 3.8) is 0 Å². The topological polar surface area (TPSA) is 185 Å². The number of carboxylic acid groups (broad SMARTS) is 1. The van der Waals surface area contributed by atoms with Crippen LogP contribution in [0.25, 0.3) is 18.2 Å². The van der Waals surface area contributed by atoms with E-state index < -0.39 is 35.3 Å². The summed E-state index contributed by atoms with van der Waals surface area (Å²) >= 11 is 0. The van der Waals surface area contributed by atoms with Gasteiger partial charge in [-0.25, -0.2) is 9.59 Å². The van der Waals surface area contributed by atoms with Gasteiger partial charge < -0.3 is 40.5 Å². The Hall–Kier alpha value is -5.12.